The third kappa shape index (κ3) is 3.58. The molecule has 1 saturated carbocycles. The van der Waals surface area contributed by atoms with E-state index in [1.54, 1.807) is 0 Å². The maximum absolute atomic E-state index is 11.8. The van der Waals surface area contributed by atoms with Crippen molar-refractivity contribution in [1.82, 2.24) is 10.6 Å². The highest BCUT2D eigenvalue weighted by atomic mass is 16.2. The van der Waals surface area contributed by atoms with Crippen molar-refractivity contribution in [3.63, 3.8) is 0 Å². The van der Waals surface area contributed by atoms with Crippen LogP contribution in [0.2, 0.25) is 0 Å². The molecule has 1 fully saturated rings. The van der Waals surface area contributed by atoms with Crippen LogP contribution in [0.1, 0.15) is 32.6 Å². The van der Waals surface area contributed by atoms with Crippen LogP contribution in [-0.2, 0) is 9.59 Å². The average Bonchev–Trinajstić information content (AvgIpc) is 2.75. The van der Waals surface area contributed by atoms with E-state index in [0.717, 1.165) is 25.7 Å². The smallest absolute Gasteiger partial charge is 0.243 e. The minimum absolute atomic E-state index is 0.167. The second-order valence-electron chi connectivity index (χ2n) is 4.14. The van der Waals surface area contributed by atoms with Crippen molar-refractivity contribution in [2.45, 2.75) is 38.6 Å². The SMILES string of the molecule is C#CCNC(=O)C(NC(C)=O)C1CCCC1. The summed E-state index contributed by atoms with van der Waals surface area (Å²) >= 11 is 0. The maximum atomic E-state index is 11.8. The van der Waals surface area contributed by atoms with Crippen LogP contribution in [0.15, 0.2) is 0 Å². The Morgan fingerprint density at radius 2 is 2.06 bits per heavy atom. The Morgan fingerprint density at radius 3 is 2.56 bits per heavy atom. The van der Waals surface area contributed by atoms with Gasteiger partial charge in [0.05, 0.1) is 6.54 Å². The first-order chi connectivity index (χ1) is 7.65. The molecule has 88 valence electrons. The zero-order valence-corrected chi connectivity index (χ0v) is 9.58. The fraction of sp³-hybridized carbons (Fsp3) is 0.667. The second-order valence-corrected chi connectivity index (χ2v) is 4.14. The van der Waals surface area contributed by atoms with Crippen molar-refractivity contribution in [2.24, 2.45) is 5.92 Å². The first kappa shape index (κ1) is 12.6. The van der Waals surface area contributed by atoms with Crippen LogP contribution in [0.4, 0.5) is 0 Å². The van der Waals surface area contributed by atoms with Gasteiger partial charge in [0, 0.05) is 6.92 Å². The minimum atomic E-state index is -0.423. The molecule has 0 aromatic heterocycles. The molecule has 0 spiro atoms. The van der Waals surface area contributed by atoms with E-state index >= 15 is 0 Å². The number of amides is 2. The van der Waals surface area contributed by atoms with Crippen molar-refractivity contribution in [2.75, 3.05) is 6.54 Å². The Kier molecular flexibility index (Phi) is 4.84. The molecule has 2 N–H and O–H groups in total. The van der Waals surface area contributed by atoms with Crippen LogP contribution in [0, 0.1) is 18.3 Å². The number of terminal acetylenes is 1. The van der Waals surface area contributed by atoms with Gasteiger partial charge in [0.2, 0.25) is 11.8 Å². The average molecular weight is 222 g/mol. The molecule has 0 radical (unpaired) electrons. The molecule has 4 nitrogen and oxygen atoms in total. The summed E-state index contributed by atoms with van der Waals surface area (Å²) in [6.07, 6.45) is 9.32. The van der Waals surface area contributed by atoms with Crippen LogP contribution in [0.25, 0.3) is 0 Å². The van der Waals surface area contributed by atoms with Crippen molar-refractivity contribution in [3.8, 4) is 12.3 Å². The summed E-state index contributed by atoms with van der Waals surface area (Å²) in [5, 5.41) is 5.34. The summed E-state index contributed by atoms with van der Waals surface area (Å²) < 4.78 is 0. The van der Waals surface area contributed by atoms with Crippen LogP contribution in [0.5, 0.6) is 0 Å². The normalized spacial score (nSPS) is 17.5. The van der Waals surface area contributed by atoms with E-state index in [1.165, 1.54) is 6.92 Å². The van der Waals surface area contributed by atoms with Crippen LogP contribution in [-0.4, -0.2) is 24.4 Å². The summed E-state index contributed by atoms with van der Waals surface area (Å²) in [7, 11) is 0. The molecule has 0 aromatic carbocycles. The van der Waals surface area contributed by atoms with E-state index in [0.29, 0.717) is 0 Å². The van der Waals surface area contributed by atoms with Gasteiger partial charge in [-0.25, -0.2) is 0 Å². The van der Waals surface area contributed by atoms with E-state index < -0.39 is 6.04 Å². The molecule has 1 aliphatic rings. The number of carbonyl (C=O) groups excluding carboxylic acids is 2. The zero-order valence-electron chi connectivity index (χ0n) is 9.58. The quantitative estimate of drug-likeness (QED) is 0.678. The third-order valence-corrected chi connectivity index (χ3v) is 2.88. The second kappa shape index (κ2) is 6.16. The lowest BCUT2D eigenvalue weighted by molar-refractivity contribution is -0.129. The molecule has 1 unspecified atom stereocenters. The molecule has 16 heavy (non-hydrogen) atoms. The number of hydrogen-bond acceptors (Lipinski definition) is 2. The number of hydrogen-bond donors (Lipinski definition) is 2. The number of nitrogens with one attached hydrogen (secondary N) is 2. The number of carbonyl (C=O) groups is 2. The molecular formula is C12H18N2O2. The Morgan fingerprint density at radius 1 is 1.44 bits per heavy atom. The van der Waals surface area contributed by atoms with Crippen LogP contribution in [0.3, 0.4) is 0 Å². The van der Waals surface area contributed by atoms with Gasteiger partial charge in [-0.1, -0.05) is 18.8 Å². The van der Waals surface area contributed by atoms with Crippen molar-refractivity contribution in [3.05, 3.63) is 0 Å². The standard InChI is InChI=1S/C12H18N2O2/c1-3-8-13-12(16)11(14-9(2)15)10-6-4-5-7-10/h1,10-11H,4-8H2,2H3,(H,13,16)(H,14,15). The fourth-order valence-corrected chi connectivity index (χ4v) is 2.16. The molecule has 4 heteroatoms. The van der Waals surface area contributed by atoms with E-state index in [1.807, 2.05) is 0 Å². The van der Waals surface area contributed by atoms with Gasteiger partial charge in [-0.05, 0) is 18.8 Å². The van der Waals surface area contributed by atoms with Gasteiger partial charge in [0.15, 0.2) is 0 Å². The Bertz CT molecular complexity index is 301. The molecule has 0 heterocycles. The first-order valence-electron chi connectivity index (χ1n) is 5.63. The molecule has 1 aliphatic carbocycles. The number of rotatable bonds is 4. The molecule has 0 aromatic rings. The lowest BCUT2D eigenvalue weighted by Crippen LogP contribution is -2.49. The van der Waals surface area contributed by atoms with Gasteiger partial charge >= 0.3 is 0 Å². The summed E-state index contributed by atoms with van der Waals surface area (Å²) in [6, 6.07) is -0.423. The summed E-state index contributed by atoms with van der Waals surface area (Å²) in [5.41, 5.74) is 0. The van der Waals surface area contributed by atoms with Crippen molar-refractivity contribution in [1.29, 1.82) is 0 Å². The summed E-state index contributed by atoms with van der Waals surface area (Å²) in [5.74, 6) is 2.26. The van der Waals surface area contributed by atoms with Gasteiger partial charge in [0.25, 0.3) is 0 Å². The molecular weight excluding hydrogens is 204 g/mol. The minimum Gasteiger partial charge on any atom is -0.344 e. The van der Waals surface area contributed by atoms with Crippen LogP contribution < -0.4 is 10.6 Å². The monoisotopic (exact) mass is 222 g/mol. The molecule has 0 saturated heterocycles. The van der Waals surface area contributed by atoms with E-state index in [2.05, 4.69) is 16.6 Å². The van der Waals surface area contributed by atoms with Gasteiger partial charge in [-0.2, -0.15) is 0 Å². The fourth-order valence-electron chi connectivity index (χ4n) is 2.16. The van der Waals surface area contributed by atoms with Crippen molar-refractivity contribution < 1.29 is 9.59 Å². The van der Waals surface area contributed by atoms with E-state index in [4.69, 9.17) is 6.42 Å². The lowest BCUT2D eigenvalue weighted by atomic mass is 9.97. The molecule has 1 atom stereocenters. The van der Waals surface area contributed by atoms with E-state index in [-0.39, 0.29) is 24.3 Å². The van der Waals surface area contributed by atoms with Gasteiger partial charge < -0.3 is 10.6 Å². The third-order valence-electron chi connectivity index (χ3n) is 2.88. The van der Waals surface area contributed by atoms with Crippen LogP contribution >= 0.6 is 0 Å². The predicted octanol–water partition coefficient (Wildman–Crippen LogP) is 0.431. The van der Waals surface area contributed by atoms with Gasteiger partial charge in [0.1, 0.15) is 6.04 Å². The Labute approximate surface area is 96.2 Å². The first-order valence-corrected chi connectivity index (χ1v) is 5.63. The Hall–Kier alpha value is -1.50. The summed E-state index contributed by atoms with van der Waals surface area (Å²) in [4.78, 5) is 22.9. The van der Waals surface area contributed by atoms with Gasteiger partial charge in [-0.3, -0.25) is 9.59 Å². The van der Waals surface area contributed by atoms with Gasteiger partial charge in [-0.15, -0.1) is 6.42 Å². The topological polar surface area (TPSA) is 58.2 Å². The lowest BCUT2D eigenvalue weighted by Gasteiger charge is -2.22. The highest BCUT2D eigenvalue weighted by Gasteiger charge is 2.30. The molecule has 0 bridgehead atoms. The Balaban J connectivity index is 2.58. The zero-order chi connectivity index (χ0) is 12.0. The highest BCUT2D eigenvalue weighted by Crippen LogP contribution is 2.27. The van der Waals surface area contributed by atoms with Crippen molar-refractivity contribution >= 4 is 11.8 Å². The molecule has 0 aliphatic heterocycles. The highest BCUT2D eigenvalue weighted by molar-refractivity contribution is 5.87. The molecule has 2 amide bonds. The summed E-state index contributed by atoms with van der Waals surface area (Å²) in [6.45, 7) is 1.64. The maximum Gasteiger partial charge on any atom is 0.243 e. The molecule has 1 rings (SSSR count). The predicted molar refractivity (Wildman–Crippen MR) is 61.4 cm³/mol. The largest absolute Gasteiger partial charge is 0.344 e. The van der Waals surface area contributed by atoms with E-state index in [9.17, 15) is 9.59 Å².